The molecule has 7 nitrogen and oxygen atoms in total. The Balaban J connectivity index is 0.000000454. The number of nitrogens with one attached hydrogen (secondary N) is 1. The normalized spacial score (nSPS) is 10.9. The van der Waals surface area contributed by atoms with E-state index in [0.717, 1.165) is 11.3 Å². The molecule has 0 aliphatic carbocycles. The fourth-order valence-electron chi connectivity index (χ4n) is 3.88. The first-order valence-corrected chi connectivity index (χ1v) is 13.4. The fraction of sp³-hybridized carbons (Fsp3) is 0.346. The van der Waals surface area contributed by atoms with Crippen molar-refractivity contribution >= 4 is 46.1 Å². The standard InChI is InChI=1S/C20H17N3O3S3.C6H15N/c1-11-6-4-5-7-13(11)23-18(24)16-17(21-19(23)27)22(20(28)29-16)14-10-12(25-2)8-9-15(14)26-3;1-4-7(5-2)6-3/h4-10H,1-3H3,(H,21,27);4-6H2,1-3H3. The van der Waals surface area contributed by atoms with Crippen LogP contribution in [0.3, 0.4) is 0 Å². The van der Waals surface area contributed by atoms with E-state index in [-0.39, 0.29) is 5.56 Å². The predicted molar refractivity (Wildman–Crippen MR) is 154 cm³/mol. The largest absolute Gasteiger partial charge is 0.497 e. The average molecular weight is 545 g/mol. The SMILES string of the molecule is CCN(CC)CC.COc1ccc(OC)c(-n2c(=S)sc3c(=O)n(-c4ccccc4C)c(=S)[nH]c32)c1. The van der Waals surface area contributed by atoms with Gasteiger partial charge in [0.15, 0.2) is 8.73 Å². The van der Waals surface area contributed by atoms with Crippen LogP contribution in [-0.4, -0.2) is 52.9 Å². The van der Waals surface area contributed by atoms with Gasteiger partial charge in [0.25, 0.3) is 5.56 Å². The molecule has 0 aliphatic heterocycles. The molecule has 2 aromatic heterocycles. The van der Waals surface area contributed by atoms with Crippen LogP contribution in [0.1, 0.15) is 26.3 Å². The number of aromatic nitrogens is 3. The van der Waals surface area contributed by atoms with Gasteiger partial charge in [-0.2, -0.15) is 0 Å². The Kier molecular flexibility index (Phi) is 9.61. The summed E-state index contributed by atoms with van der Waals surface area (Å²) in [5.74, 6) is 1.25. The maximum Gasteiger partial charge on any atom is 0.278 e. The molecule has 0 fully saturated rings. The average Bonchev–Trinajstić information content (AvgIpc) is 3.21. The lowest BCUT2D eigenvalue weighted by atomic mass is 10.2. The molecule has 0 unspecified atom stereocenters. The van der Waals surface area contributed by atoms with Crippen LogP contribution in [0, 0.1) is 15.6 Å². The van der Waals surface area contributed by atoms with E-state index in [9.17, 15) is 4.79 Å². The predicted octanol–water partition coefficient (Wildman–Crippen LogP) is 6.30. The van der Waals surface area contributed by atoms with Gasteiger partial charge in [-0.3, -0.25) is 13.9 Å². The van der Waals surface area contributed by atoms with Crippen LogP contribution in [0.5, 0.6) is 11.5 Å². The first-order chi connectivity index (χ1) is 17.3. The van der Waals surface area contributed by atoms with E-state index in [2.05, 4.69) is 30.7 Å². The third kappa shape index (κ3) is 5.62. The van der Waals surface area contributed by atoms with E-state index in [1.54, 1.807) is 30.9 Å². The van der Waals surface area contributed by atoms with Crippen molar-refractivity contribution < 1.29 is 9.47 Å². The second-order valence-corrected chi connectivity index (χ2v) is 9.93. The lowest BCUT2D eigenvalue weighted by Crippen LogP contribution is -2.21. The van der Waals surface area contributed by atoms with Gasteiger partial charge in [0, 0.05) is 6.07 Å². The number of aromatic amines is 1. The van der Waals surface area contributed by atoms with Crippen molar-refractivity contribution in [2.24, 2.45) is 0 Å². The van der Waals surface area contributed by atoms with Gasteiger partial charge in [0.05, 0.1) is 25.6 Å². The summed E-state index contributed by atoms with van der Waals surface area (Å²) in [5.41, 5.74) is 2.68. The molecule has 2 heterocycles. The van der Waals surface area contributed by atoms with E-state index >= 15 is 0 Å². The van der Waals surface area contributed by atoms with Crippen molar-refractivity contribution in [3.8, 4) is 22.9 Å². The number of fused-ring (bicyclic) bond motifs is 1. The fourth-order valence-corrected chi connectivity index (χ4v) is 5.47. The van der Waals surface area contributed by atoms with Crippen LogP contribution in [0.25, 0.3) is 21.7 Å². The Hall–Kier alpha value is -2.79. The Labute approximate surface area is 225 Å². The third-order valence-electron chi connectivity index (χ3n) is 5.96. The molecule has 0 saturated carbocycles. The van der Waals surface area contributed by atoms with Crippen LogP contribution in [0.2, 0.25) is 0 Å². The maximum absolute atomic E-state index is 13.3. The second-order valence-electron chi connectivity index (χ2n) is 7.90. The van der Waals surface area contributed by atoms with Crippen LogP contribution >= 0.6 is 35.8 Å². The van der Waals surface area contributed by atoms with Crippen molar-refractivity contribution in [1.82, 2.24) is 19.0 Å². The van der Waals surface area contributed by atoms with E-state index in [1.807, 2.05) is 37.3 Å². The summed E-state index contributed by atoms with van der Waals surface area (Å²) < 4.78 is 15.4. The minimum atomic E-state index is -0.213. The number of hydrogen-bond donors (Lipinski definition) is 1. The third-order valence-corrected chi connectivity index (χ3v) is 7.61. The number of H-pyrrole nitrogens is 1. The first kappa shape index (κ1) is 27.8. The van der Waals surface area contributed by atoms with Crippen molar-refractivity contribution in [3.05, 3.63) is 67.1 Å². The quantitative estimate of drug-likeness (QED) is 0.275. The minimum Gasteiger partial charge on any atom is -0.497 e. The Morgan fingerprint density at radius 1 is 0.944 bits per heavy atom. The van der Waals surface area contributed by atoms with Gasteiger partial charge in [-0.15, -0.1) is 0 Å². The summed E-state index contributed by atoms with van der Waals surface area (Å²) in [4.78, 5) is 18.9. The topological polar surface area (TPSA) is 64.4 Å². The molecule has 192 valence electrons. The second kappa shape index (κ2) is 12.4. The van der Waals surface area contributed by atoms with Gasteiger partial charge in [-0.05, 0) is 74.8 Å². The summed E-state index contributed by atoms with van der Waals surface area (Å²) in [6, 6.07) is 13.0. The molecule has 0 aliphatic rings. The van der Waals surface area contributed by atoms with Crippen LogP contribution in [0.4, 0.5) is 0 Å². The minimum absolute atomic E-state index is 0.213. The lowest BCUT2D eigenvalue weighted by Gasteiger charge is -2.13. The zero-order valence-electron chi connectivity index (χ0n) is 21.5. The molecular formula is C26H32N4O3S3. The monoisotopic (exact) mass is 544 g/mol. The van der Waals surface area contributed by atoms with E-state index in [4.69, 9.17) is 33.9 Å². The summed E-state index contributed by atoms with van der Waals surface area (Å²) in [5, 5.41) is 0. The van der Waals surface area contributed by atoms with Crippen molar-refractivity contribution in [1.29, 1.82) is 0 Å². The zero-order chi connectivity index (χ0) is 26.4. The summed E-state index contributed by atoms with van der Waals surface area (Å²) >= 11 is 12.4. The van der Waals surface area contributed by atoms with E-state index < -0.39 is 0 Å². The molecule has 10 heteroatoms. The molecule has 2 aromatic carbocycles. The molecule has 0 saturated heterocycles. The van der Waals surface area contributed by atoms with Gasteiger partial charge in [0.2, 0.25) is 0 Å². The smallest absolute Gasteiger partial charge is 0.278 e. The number of benzene rings is 2. The molecule has 36 heavy (non-hydrogen) atoms. The summed E-state index contributed by atoms with van der Waals surface area (Å²) in [7, 11) is 3.17. The van der Waals surface area contributed by atoms with Crippen LogP contribution in [-0.2, 0) is 0 Å². The van der Waals surface area contributed by atoms with Gasteiger partial charge in [-0.25, -0.2) is 0 Å². The highest BCUT2D eigenvalue weighted by Gasteiger charge is 2.18. The molecule has 0 bridgehead atoms. The number of nitrogens with zero attached hydrogens (tertiary/aromatic N) is 3. The number of hydrogen-bond acceptors (Lipinski definition) is 7. The number of para-hydroxylation sites is 1. The molecule has 1 N–H and O–H groups in total. The van der Waals surface area contributed by atoms with Gasteiger partial charge >= 0.3 is 0 Å². The lowest BCUT2D eigenvalue weighted by molar-refractivity contribution is 0.321. The zero-order valence-corrected chi connectivity index (χ0v) is 23.9. The molecule has 0 spiro atoms. The highest BCUT2D eigenvalue weighted by atomic mass is 32.1. The van der Waals surface area contributed by atoms with Crippen molar-refractivity contribution in [3.63, 3.8) is 0 Å². The highest BCUT2D eigenvalue weighted by Crippen LogP contribution is 2.32. The van der Waals surface area contributed by atoms with E-state index in [1.165, 1.54) is 35.5 Å². The van der Waals surface area contributed by atoms with Crippen LogP contribution in [0.15, 0.2) is 47.3 Å². The number of rotatable bonds is 7. The number of aryl methyl sites for hydroxylation is 1. The van der Waals surface area contributed by atoms with Crippen molar-refractivity contribution in [2.75, 3.05) is 33.9 Å². The number of thiazole rings is 1. The van der Waals surface area contributed by atoms with Gasteiger partial charge < -0.3 is 19.4 Å². The van der Waals surface area contributed by atoms with Gasteiger partial charge in [-0.1, -0.05) is 50.3 Å². The number of ether oxygens (including phenoxy) is 2. The summed E-state index contributed by atoms with van der Waals surface area (Å²) in [6.45, 7) is 12.1. The first-order valence-electron chi connectivity index (χ1n) is 11.7. The Bertz CT molecular complexity index is 1510. The molecule has 0 atom stereocenters. The van der Waals surface area contributed by atoms with Crippen LogP contribution < -0.4 is 15.0 Å². The molecule has 4 aromatic rings. The van der Waals surface area contributed by atoms with Crippen molar-refractivity contribution in [2.45, 2.75) is 27.7 Å². The summed E-state index contributed by atoms with van der Waals surface area (Å²) in [6.07, 6.45) is 0. The molecule has 0 amide bonds. The van der Waals surface area contributed by atoms with E-state index in [0.29, 0.717) is 36.3 Å². The number of methoxy groups -OCH3 is 2. The Morgan fingerprint density at radius 3 is 2.17 bits per heavy atom. The molecular weight excluding hydrogens is 513 g/mol. The highest BCUT2D eigenvalue weighted by molar-refractivity contribution is 7.73. The molecule has 0 radical (unpaired) electrons. The van der Waals surface area contributed by atoms with Gasteiger partial charge in [0.1, 0.15) is 21.8 Å². The Morgan fingerprint density at radius 2 is 1.61 bits per heavy atom. The maximum atomic E-state index is 13.3. The molecule has 4 rings (SSSR count).